The SMILES string of the molecule is CCCc1ccc(N2C[C@@H](C(=O)NNc3nc(C)cc(C)n3)CC2=O)cc1. The summed E-state index contributed by atoms with van der Waals surface area (Å²) in [5, 5.41) is 0. The Labute approximate surface area is 159 Å². The van der Waals surface area contributed by atoms with Gasteiger partial charge in [0.05, 0.1) is 5.92 Å². The molecule has 1 aromatic carbocycles. The minimum atomic E-state index is -0.411. The summed E-state index contributed by atoms with van der Waals surface area (Å²) in [5.41, 5.74) is 9.07. The summed E-state index contributed by atoms with van der Waals surface area (Å²) >= 11 is 0. The normalized spacial score (nSPS) is 16.5. The largest absolute Gasteiger partial charge is 0.312 e. The van der Waals surface area contributed by atoms with Gasteiger partial charge in [-0.1, -0.05) is 25.5 Å². The molecule has 2 heterocycles. The maximum atomic E-state index is 12.4. The van der Waals surface area contributed by atoms with Crippen LogP contribution in [-0.2, 0) is 16.0 Å². The van der Waals surface area contributed by atoms with Crippen LogP contribution in [0.15, 0.2) is 30.3 Å². The number of carbonyl (C=O) groups is 2. The number of rotatable bonds is 6. The number of anilines is 2. The molecule has 0 bridgehead atoms. The highest BCUT2D eigenvalue weighted by atomic mass is 16.2. The zero-order valence-corrected chi connectivity index (χ0v) is 16.0. The Balaban J connectivity index is 1.59. The monoisotopic (exact) mass is 367 g/mol. The molecular weight excluding hydrogens is 342 g/mol. The summed E-state index contributed by atoms with van der Waals surface area (Å²) in [5.74, 6) is -0.350. The van der Waals surface area contributed by atoms with Crippen molar-refractivity contribution < 1.29 is 9.59 Å². The lowest BCUT2D eigenvalue weighted by Gasteiger charge is -2.17. The van der Waals surface area contributed by atoms with Crippen molar-refractivity contribution in [2.75, 3.05) is 16.9 Å². The standard InChI is InChI=1S/C20H25N5O2/c1-4-5-15-6-8-17(9-7-15)25-12-16(11-18(25)26)19(27)23-24-20-21-13(2)10-14(3)22-20/h6-10,16H,4-5,11-12H2,1-3H3,(H,23,27)(H,21,22,24)/t16-/m0/s1. The Morgan fingerprint density at radius 2 is 1.85 bits per heavy atom. The topological polar surface area (TPSA) is 87.2 Å². The van der Waals surface area contributed by atoms with Crippen LogP contribution in [0, 0.1) is 19.8 Å². The quantitative estimate of drug-likeness (QED) is 0.766. The van der Waals surface area contributed by atoms with Gasteiger partial charge in [-0.05, 0) is 44.0 Å². The van der Waals surface area contributed by atoms with Crippen LogP contribution in [-0.4, -0.2) is 28.3 Å². The molecule has 2 aromatic rings. The first-order valence-electron chi connectivity index (χ1n) is 9.23. The van der Waals surface area contributed by atoms with Gasteiger partial charge in [0, 0.05) is 30.0 Å². The molecule has 1 saturated heterocycles. The molecule has 2 amide bonds. The second-order valence-electron chi connectivity index (χ2n) is 6.91. The molecule has 2 N–H and O–H groups in total. The summed E-state index contributed by atoms with van der Waals surface area (Å²) < 4.78 is 0. The van der Waals surface area contributed by atoms with Crippen molar-refractivity contribution in [3.05, 3.63) is 47.3 Å². The number of benzene rings is 1. The lowest BCUT2D eigenvalue weighted by atomic mass is 10.1. The van der Waals surface area contributed by atoms with Crippen LogP contribution in [0.3, 0.4) is 0 Å². The number of aromatic nitrogens is 2. The number of aryl methyl sites for hydroxylation is 3. The predicted molar refractivity (Wildman–Crippen MR) is 104 cm³/mol. The highest BCUT2D eigenvalue weighted by molar-refractivity contribution is 6.00. The minimum Gasteiger partial charge on any atom is -0.312 e. The van der Waals surface area contributed by atoms with E-state index in [1.807, 2.05) is 44.2 Å². The molecule has 142 valence electrons. The third kappa shape index (κ3) is 4.61. The average Bonchev–Trinajstić information content (AvgIpc) is 3.02. The van der Waals surface area contributed by atoms with Crippen molar-refractivity contribution in [3.63, 3.8) is 0 Å². The van der Waals surface area contributed by atoms with E-state index in [1.54, 1.807) is 4.90 Å². The summed E-state index contributed by atoms with van der Waals surface area (Å²) in [4.78, 5) is 34.9. The van der Waals surface area contributed by atoms with Crippen molar-refractivity contribution in [2.24, 2.45) is 5.92 Å². The van der Waals surface area contributed by atoms with Gasteiger partial charge < -0.3 is 4.90 Å². The molecule has 7 nitrogen and oxygen atoms in total. The second kappa shape index (κ2) is 8.16. The van der Waals surface area contributed by atoms with Gasteiger partial charge >= 0.3 is 0 Å². The van der Waals surface area contributed by atoms with Crippen molar-refractivity contribution in [3.8, 4) is 0 Å². The number of amides is 2. The van der Waals surface area contributed by atoms with E-state index in [-0.39, 0.29) is 18.2 Å². The van der Waals surface area contributed by atoms with Crippen molar-refractivity contribution in [1.29, 1.82) is 0 Å². The third-order valence-electron chi connectivity index (χ3n) is 4.56. The number of hydrogen-bond donors (Lipinski definition) is 2. The number of hydrazine groups is 1. The minimum absolute atomic E-state index is 0.0407. The van der Waals surface area contributed by atoms with Gasteiger partial charge in [-0.25, -0.2) is 9.97 Å². The Hall–Kier alpha value is -2.96. The zero-order valence-electron chi connectivity index (χ0n) is 16.0. The number of nitrogens with one attached hydrogen (secondary N) is 2. The van der Waals surface area contributed by atoms with E-state index >= 15 is 0 Å². The van der Waals surface area contributed by atoms with E-state index in [9.17, 15) is 9.59 Å². The molecule has 0 radical (unpaired) electrons. The van der Waals surface area contributed by atoms with E-state index in [2.05, 4.69) is 27.7 Å². The van der Waals surface area contributed by atoms with Gasteiger partial charge in [0.1, 0.15) is 0 Å². The van der Waals surface area contributed by atoms with Gasteiger partial charge in [0.2, 0.25) is 17.8 Å². The lowest BCUT2D eigenvalue weighted by molar-refractivity contribution is -0.125. The molecule has 1 aromatic heterocycles. The molecule has 3 rings (SSSR count). The third-order valence-corrected chi connectivity index (χ3v) is 4.56. The maximum Gasteiger partial charge on any atom is 0.243 e. The van der Waals surface area contributed by atoms with Crippen molar-refractivity contribution >= 4 is 23.5 Å². The first kappa shape index (κ1) is 18.8. The molecule has 1 aliphatic heterocycles. The van der Waals surface area contributed by atoms with Crippen LogP contribution in [0.1, 0.15) is 36.7 Å². The van der Waals surface area contributed by atoms with Crippen LogP contribution in [0.5, 0.6) is 0 Å². The maximum absolute atomic E-state index is 12.4. The summed E-state index contributed by atoms with van der Waals surface area (Å²) in [6.07, 6.45) is 2.30. The van der Waals surface area contributed by atoms with Crippen LogP contribution < -0.4 is 15.8 Å². The van der Waals surface area contributed by atoms with Crippen LogP contribution in [0.2, 0.25) is 0 Å². The van der Waals surface area contributed by atoms with E-state index in [4.69, 9.17) is 0 Å². The molecule has 0 unspecified atom stereocenters. The molecule has 1 atom stereocenters. The summed E-state index contributed by atoms with van der Waals surface area (Å²) in [7, 11) is 0. The summed E-state index contributed by atoms with van der Waals surface area (Å²) in [6, 6.07) is 9.83. The summed E-state index contributed by atoms with van der Waals surface area (Å²) in [6.45, 7) is 6.23. The van der Waals surface area contributed by atoms with E-state index in [0.717, 1.165) is 29.9 Å². The van der Waals surface area contributed by atoms with Gasteiger partial charge in [-0.3, -0.25) is 20.4 Å². The lowest BCUT2D eigenvalue weighted by Crippen LogP contribution is -2.37. The van der Waals surface area contributed by atoms with Gasteiger partial charge in [-0.2, -0.15) is 0 Å². The van der Waals surface area contributed by atoms with Gasteiger partial charge in [-0.15, -0.1) is 0 Å². The van der Waals surface area contributed by atoms with Crippen LogP contribution in [0.25, 0.3) is 0 Å². The predicted octanol–water partition coefficient (Wildman–Crippen LogP) is 2.54. The fourth-order valence-corrected chi connectivity index (χ4v) is 3.27. The zero-order chi connectivity index (χ0) is 19.4. The molecule has 1 aliphatic rings. The highest BCUT2D eigenvalue weighted by Gasteiger charge is 2.35. The van der Waals surface area contributed by atoms with Crippen molar-refractivity contribution in [1.82, 2.24) is 15.4 Å². The Morgan fingerprint density at radius 1 is 1.19 bits per heavy atom. The van der Waals surface area contributed by atoms with Crippen LogP contribution in [0.4, 0.5) is 11.6 Å². The Kier molecular flexibility index (Phi) is 5.69. The molecule has 27 heavy (non-hydrogen) atoms. The van der Waals surface area contributed by atoms with Gasteiger partial charge in [0.25, 0.3) is 0 Å². The first-order chi connectivity index (χ1) is 13.0. The molecule has 0 saturated carbocycles. The molecule has 0 spiro atoms. The molecule has 7 heteroatoms. The van der Waals surface area contributed by atoms with E-state index in [0.29, 0.717) is 12.5 Å². The van der Waals surface area contributed by atoms with E-state index in [1.165, 1.54) is 5.56 Å². The van der Waals surface area contributed by atoms with Gasteiger partial charge in [0.15, 0.2) is 0 Å². The molecule has 1 fully saturated rings. The number of hydrogen-bond acceptors (Lipinski definition) is 5. The second-order valence-corrected chi connectivity index (χ2v) is 6.91. The molecular formula is C20H25N5O2. The average molecular weight is 367 g/mol. The van der Waals surface area contributed by atoms with Crippen LogP contribution >= 0.6 is 0 Å². The Morgan fingerprint density at radius 3 is 2.48 bits per heavy atom. The fourth-order valence-electron chi connectivity index (χ4n) is 3.27. The van der Waals surface area contributed by atoms with Crippen molar-refractivity contribution in [2.45, 2.75) is 40.0 Å². The number of nitrogens with zero attached hydrogens (tertiary/aromatic N) is 3. The fraction of sp³-hybridized carbons (Fsp3) is 0.400. The van der Waals surface area contributed by atoms with E-state index < -0.39 is 5.92 Å². The first-order valence-corrected chi connectivity index (χ1v) is 9.23. The smallest absolute Gasteiger partial charge is 0.243 e. The number of carbonyl (C=O) groups excluding carboxylic acids is 2. The molecule has 0 aliphatic carbocycles. The Bertz CT molecular complexity index is 815. The highest BCUT2D eigenvalue weighted by Crippen LogP contribution is 2.25.